The molecule has 0 atom stereocenters. The molecule has 0 saturated heterocycles. The molecule has 21 heavy (non-hydrogen) atoms. The lowest BCUT2D eigenvalue weighted by molar-refractivity contribution is 0.0697. The van der Waals surface area contributed by atoms with Crippen LogP contribution in [0.3, 0.4) is 0 Å². The quantitative estimate of drug-likeness (QED) is 0.794. The van der Waals surface area contributed by atoms with E-state index in [0.29, 0.717) is 11.5 Å². The summed E-state index contributed by atoms with van der Waals surface area (Å²) in [5, 5.41) is 8.89. The van der Waals surface area contributed by atoms with Crippen LogP contribution >= 0.6 is 0 Å². The zero-order valence-corrected chi connectivity index (χ0v) is 12.6. The molecule has 2 nitrogen and oxygen atoms in total. The van der Waals surface area contributed by atoms with Crippen molar-refractivity contribution >= 4 is 17.6 Å². The lowest BCUT2D eigenvalue weighted by Gasteiger charge is -2.07. The van der Waals surface area contributed by atoms with Crippen LogP contribution in [-0.4, -0.2) is 11.1 Å². The van der Waals surface area contributed by atoms with E-state index in [-0.39, 0.29) is 0 Å². The van der Waals surface area contributed by atoms with Gasteiger partial charge in [0.25, 0.3) is 0 Å². The van der Waals surface area contributed by atoms with Crippen molar-refractivity contribution in [3.05, 3.63) is 70.8 Å². The van der Waals surface area contributed by atoms with Crippen LogP contribution in [0.2, 0.25) is 0 Å². The van der Waals surface area contributed by atoms with Crippen molar-refractivity contribution in [1.29, 1.82) is 0 Å². The van der Waals surface area contributed by atoms with Gasteiger partial charge in [0.15, 0.2) is 0 Å². The summed E-state index contributed by atoms with van der Waals surface area (Å²) in [5.41, 5.74) is 4.99. The maximum absolute atomic E-state index is 10.8. The molecule has 2 aromatic carbocycles. The van der Waals surface area contributed by atoms with Crippen molar-refractivity contribution in [2.75, 3.05) is 0 Å². The number of allylic oxidation sites excluding steroid dienone is 1. The van der Waals surface area contributed by atoms with Crippen molar-refractivity contribution < 1.29 is 9.90 Å². The van der Waals surface area contributed by atoms with Gasteiger partial charge in [-0.05, 0) is 47.2 Å². The third kappa shape index (κ3) is 3.82. The molecule has 0 aliphatic rings. The summed E-state index contributed by atoms with van der Waals surface area (Å²) in [6.07, 6.45) is 2.07. The van der Waals surface area contributed by atoms with Gasteiger partial charge in [-0.1, -0.05) is 56.3 Å². The highest BCUT2D eigenvalue weighted by atomic mass is 16.4. The van der Waals surface area contributed by atoms with E-state index in [2.05, 4.69) is 51.1 Å². The molecule has 0 fully saturated rings. The van der Waals surface area contributed by atoms with E-state index in [0.717, 1.165) is 11.1 Å². The zero-order chi connectivity index (χ0) is 15.4. The van der Waals surface area contributed by atoms with Crippen molar-refractivity contribution in [3.8, 4) is 0 Å². The van der Waals surface area contributed by atoms with Crippen molar-refractivity contribution in [1.82, 2.24) is 0 Å². The zero-order valence-electron chi connectivity index (χ0n) is 12.6. The van der Waals surface area contributed by atoms with Gasteiger partial charge in [-0.25, -0.2) is 4.79 Å². The van der Waals surface area contributed by atoms with E-state index >= 15 is 0 Å². The molecule has 2 heteroatoms. The van der Waals surface area contributed by atoms with E-state index in [4.69, 9.17) is 5.11 Å². The average molecular weight is 280 g/mol. The molecule has 0 saturated carbocycles. The van der Waals surface area contributed by atoms with Crippen LogP contribution in [0.1, 0.15) is 53.7 Å². The number of hydrogen-bond acceptors (Lipinski definition) is 1. The topological polar surface area (TPSA) is 37.3 Å². The van der Waals surface area contributed by atoms with Crippen LogP contribution in [0.15, 0.2) is 48.5 Å². The molecule has 2 aromatic rings. The maximum atomic E-state index is 10.8. The summed E-state index contributed by atoms with van der Waals surface area (Å²) < 4.78 is 0. The highest BCUT2D eigenvalue weighted by Crippen LogP contribution is 2.21. The maximum Gasteiger partial charge on any atom is 0.335 e. The molecule has 108 valence electrons. The fraction of sp³-hybridized carbons (Fsp3) is 0.211. The second-order valence-corrected chi connectivity index (χ2v) is 5.53. The molecule has 1 N–H and O–H groups in total. The SMILES string of the molecule is C/C(=C\c1ccc(C(=O)O)cc1)c1ccc(C(C)C)cc1. The highest BCUT2D eigenvalue weighted by molar-refractivity contribution is 5.88. The minimum absolute atomic E-state index is 0.311. The van der Waals surface area contributed by atoms with E-state index < -0.39 is 5.97 Å². The highest BCUT2D eigenvalue weighted by Gasteiger charge is 2.02. The van der Waals surface area contributed by atoms with Gasteiger partial charge in [-0.3, -0.25) is 0 Å². The van der Waals surface area contributed by atoms with Gasteiger partial charge in [-0.15, -0.1) is 0 Å². The Kier molecular flexibility index (Phi) is 4.59. The number of hydrogen-bond donors (Lipinski definition) is 1. The summed E-state index contributed by atoms with van der Waals surface area (Å²) in [4.78, 5) is 10.8. The van der Waals surface area contributed by atoms with Gasteiger partial charge in [0.05, 0.1) is 5.56 Å². The van der Waals surface area contributed by atoms with Crippen LogP contribution in [0.5, 0.6) is 0 Å². The van der Waals surface area contributed by atoms with E-state index in [1.807, 2.05) is 12.1 Å². The molecule has 2 rings (SSSR count). The van der Waals surface area contributed by atoms with Gasteiger partial charge in [-0.2, -0.15) is 0 Å². The predicted octanol–water partition coefficient (Wildman–Crippen LogP) is 5.07. The molecular weight excluding hydrogens is 260 g/mol. The van der Waals surface area contributed by atoms with Crippen LogP contribution < -0.4 is 0 Å². The second kappa shape index (κ2) is 6.40. The first-order chi connectivity index (χ1) is 9.97. The average Bonchev–Trinajstić information content (AvgIpc) is 2.47. The molecule has 0 aromatic heterocycles. The van der Waals surface area contributed by atoms with Gasteiger partial charge in [0.2, 0.25) is 0 Å². The minimum Gasteiger partial charge on any atom is -0.478 e. The summed E-state index contributed by atoms with van der Waals surface area (Å²) in [6, 6.07) is 15.5. The molecular formula is C19H20O2. The standard InChI is InChI=1S/C19H20O2/c1-13(2)16-8-10-17(11-9-16)14(3)12-15-4-6-18(7-5-15)19(20)21/h4-13H,1-3H3,(H,20,21)/b14-12+. The van der Waals surface area contributed by atoms with Gasteiger partial charge in [0.1, 0.15) is 0 Å². The summed E-state index contributed by atoms with van der Waals surface area (Å²) in [6.45, 7) is 6.43. The molecule has 0 aliphatic carbocycles. The molecule has 0 bridgehead atoms. The van der Waals surface area contributed by atoms with E-state index in [1.165, 1.54) is 11.1 Å². The number of rotatable bonds is 4. The van der Waals surface area contributed by atoms with Crippen LogP contribution in [-0.2, 0) is 0 Å². The molecule has 0 unspecified atom stereocenters. The number of aromatic carboxylic acids is 1. The summed E-state index contributed by atoms with van der Waals surface area (Å²) in [7, 11) is 0. The van der Waals surface area contributed by atoms with E-state index in [9.17, 15) is 4.79 Å². The van der Waals surface area contributed by atoms with Crippen molar-refractivity contribution in [2.24, 2.45) is 0 Å². The first kappa shape index (κ1) is 15.0. The molecule has 0 aliphatic heterocycles. The first-order valence-electron chi connectivity index (χ1n) is 7.09. The van der Waals surface area contributed by atoms with Gasteiger partial charge < -0.3 is 5.11 Å². The Bertz CT molecular complexity index is 647. The third-order valence-electron chi connectivity index (χ3n) is 3.57. The van der Waals surface area contributed by atoms with Crippen LogP contribution in [0, 0.1) is 0 Å². The number of carbonyl (C=O) groups is 1. The van der Waals surface area contributed by atoms with Crippen LogP contribution in [0.4, 0.5) is 0 Å². The Labute approximate surface area is 125 Å². The lowest BCUT2D eigenvalue weighted by Crippen LogP contribution is -1.94. The molecule has 0 heterocycles. The van der Waals surface area contributed by atoms with Crippen molar-refractivity contribution in [2.45, 2.75) is 26.7 Å². The van der Waals surface area contributed by atoms with Crippen LogP contribution in [0.25, 0.3) is 11.6 Å². The number of carboxylic acids is 1. The summed E-state index contributed by atoms with van der Waals surface area (Å²) >= 11 is 0. The monoisotopic (exact) mass is 280 g/mol. The predicted molar refractivity (Wildman–Crippen MR) is 87.5 cm³/mol. The lowest BCUT2D eigenvalue weighted by atomic mass is 9.98. The Morgan fingerprint density at radius 2 is 1.48 bits per heavy atom. The largest absolute Gasteiger partial charge is 0.478 e. The Morgan fingerprint density at radius 3 is 1.95 bits per heavy atom. The number of benzene rings is 2. The second-order valence-electron chi connectivity index (χ2n) is 5.53. The van der Waals surface area contributed by atoms with Gasteiger partial charge >= 0.3 is 5.97 Å². The fourth-order valence-corrected chi connectivity index (χ4v) is 2.19. The minimum atomic E-state index is -0.897. The molecule has 0 amide bonds. The van der Waals surface area contributed by atoms with E-state index in [1.54, 1.807) is 12.1 Å². The Morgan fingerprint density at radius 1 is 0.952 bits per heavy atom. The smallest absolute Gasteiger partial charge is 0.335 e. The first-order valence-corrected chi connectivity index (χ1v) is 7.09. The third-order valence-corrected chi connectivity index (χ3v) is 3.57. The number of carboxylic acid groups (broad SMARTS) is 1. The molecule has 0 spiro atoms. The normalized spacial score (nSPS) is 11.7. The Balaban J connectivity index is 2.21. The van der Waals surface area contributed by atoms with Gasteiger partial charge in [0, 0.05) is 0 Å². The molecule has 0 radical (unpaired) electrons. The van der Waals surface area contributed by atoms with Crippen molar-refractivity contribution in [3.63, 3.8) is 0 Å². The fourth-order valence-electron chi connectivity index (χ4n) is 2.19. The summed E-state index contributed by atoms with van der Waals surface area (Å²) in [5.74, 6) is -0.363. The Hall–Kier alpha value is -2.35.